The topological polar surface area (TPSA) is 95.9 Å². The van der Waals surface area contributed by atoms with Crippen molar-refractivity contribution in [3.05, 3.63) is 12.2 Å². The average Bonchev–Trinajstić information content (AvgIpc) is 2.62. The molecule has 1 heterocycles. The normalized spacial score (nSPS) is 20.4. The zero-order valence-electron chi connectivity index (χ0n) is 14.9. The summed E-state index contributed by atoms with van der Waals surface area (Å²) in [6.45, 7) is 7.03. The number of nitrogens with zero attached hydrogens (tertiary/aromatic N) is 1. The Bertz CT molecular complexity index is 529. The van der Waals surface area contributed by atoms with E-state index < -0.39 is 29.5 Å². The first-order chi connectivity index (χ1) is 12.3. The number of carboxylic acids is 1. The van der Waals surface area contributed by atoms with Crippen molar-refractivity contribution < 1.29 is 24.2 Å². The molecule has 0 aliphatic carbocycles. The summed E-state index contributed by atoms with van der Waals surface area (Å²) in [6, 6.07) is -2.22. The second kappa shape index (κ2) is 11.4. The second-order valence-corrected chi connectivity index (χ2v) is 6.83. The third kappa shape index (κ3) is 6.14. The van der Waals surface area contributed by atoms with Crippen LogP contribution in [-0.2, 0) is 19.1 Å². The van der Waals surface area contributed by atoms with Gasteiger partial charge in [0.05, 0.1) is 0 Å². The molecule has 26 heavy (non-hydrogen) atoms. The van der Waals surface area contributed by atoms with Gasteiger partial charge in [-0.2, -0.15) is 0 Å². The molecule has 1 rings (SSSR count). The van der Waals surface area contributed by atoms with Gasteiger partial charge in [-0.1, -0.05) is 31.5 Å². The molecule has 0 saturated carbocycles. The van der Waals surface area contributed by atoms with Crippen molar-refractivity contribution in [2.75, 3.05) is 19.1 Å². The molecule has 0 bridgehead atoms. The lowest BCUT2D eigenvalue weighted by Gasteiger charge is -2.46. The van der Waals surface area contributed by atoms with Crippen LogP contribution >= 0.6 is 23.2 Å². The summed E-state index contributed by atoms with van der Waals surface area (Å²) in [6.07, 6.45) is 3.66. The number of carbonyl (C=O) groups excluding carboxylic acids is 2. The van der Waals surface area contributed by atoms with Crippen molar-refractivity contribution in [1.82, 2.24) is 10.2 Å². The van der Waals surface area contributed by atoms with E-state index >= 15 is 0 Å². The predicted octanol–water partition coefficient (Wildman–Crippen LogP) is 2.11. The fraction of sp³-hybridized carbons (Fsp3) is 0.706. The van der Waals surface area contributed by atoms with Crippen LogP contribution in [0, 0.1) is 0 Å². The van der Waals surface area contributed by atoms with Gasteiger partial charge in [0.15, 0.2) is 6.04 Å². The number of hydrogen-bond acceptors (Lipinski definition) is 4. The standard InChI is InChI=1S/C17H26Cl2N2O5/c1-3-8-26-9-6-4-5-7-12(22)20-13-15(19)21(16(13)23)14(17(24)25)11(2)10-18/h13-15H,2-10H2,1H3,(H,20,22)(H,24,25). The van der Waals surface area contributed by atoms with Crippen molar-refractivity contribution >= 4 is 41.0 Å². The van der Waals surface area contributed by atoms with E-state index in [-0.39, 0.29) is 23.8 Å². The van der Waals surface area contributed by atoms with Crippen LogP contribution in [0.1, 0.15) is 39.0 Å². The minimum Gasteiger partial charge on any atom is -0.479 e. The molecule has 3 unspecified atom stereocenters. The highest BCUT2D eigenvalue weighted by atomic mass is 35.5. The van der Waals surface area contributed by atoms with Crippen LogP contribution in [0.15, 0.2) is 12.2 Å². The molecule has 1 aliphatic heterocycles. The van der Waals surface area contributed by atoms with Gasteiger partial charge in [-0.25, -0.2) is 4.79 Å². The number of halogens is 2. The minimum absolute atomic E-state index is 0.108. The first-order valence-corrected chi connectivity index (χ1v) is 9.62. The molecular formula is C17H26Cl2N2O5. The van der Waals surface area contributed by atoms with Crippen LogP contribution < -0.4 is 5.32 Å². The number of β-lactam (4-membered cyclic amide) rings is 1. The summed E-state index contributed by atoms with van der Waals surface area (Å²) in [5, 5.41) is 11.8. The monoisotopic (exact) mass is 408 g/mol. The predicted molar refractivity (Wildman–Crippen MR) is 99.3 cm³/mol. The Balaban J connectivity index is 2.38. The first-order valence-electron chi connectivity index (χ1n) is 8.64. The van der Waals surface area contributed by atoms with Gasteiger partial charge in [-0.15, -0.1) is 11.6 Å². The van der Waals surface area contributed by atoms with E-state index in [0.29, 0.717) is 13.0 Å². The van der Waals surface area contributed by atoms with Gasteiger partial charge in [0.2, 0.25) is 5.91 Å². The van der Waals surface area contributed by atoms with Crippen LogP contribution in [0.2, 0.25) is 0 Å². The Hall–Kier alpha value is -1.31. The molecule has 3 atom stereocenters. The molecule has 148 valence electrons. The highest BCUT2D eigenvalue weighted by molar-refractivity contribution is 6.27. The number of nitrogens with one attached hydrogen (secondary N) is 1. The zero-order chi connectivity index (χ0) is 19.7. The maximum absolute atomic E-state index is 12.2. The first kappa shape index (κ1) is 22.7. The molecule has 0 aromatic carbocycles. The lowest BCUT2D eigenvalue weighted by molar-refractivity contribution is -0.160. The number of hydrogen-bond donors (Lipinski definition) is 2. The molecular weight excluding hydrogens is 383 g/mol. The van der Waals surface area contributed by atoms with Gasteiger partial charge < -0.3 is 20.1 Å². The highest BCUT2D eigenvalue weighted by Gasteiger charge is 2.52. The smallest absolute Gasteiger partial charge is 0.330 e. The molecule has 0 aromatic rings. The van der Waals surface area contributed by atoms with Crippen molar-refractivity contribution in [1.29, 1.82) is 0 Å². The number of carbonyl (C=O) groups is 3. The third-order valence-corrected chi connectivity index (χ3v) is 4.79. The quantitative estimate of drug-likeness (QED) is 0.160. The van der Waals surface area contributed by atoms with E-state index in [1.807, 2.05) is 6.92 Å². The lowest BCUT2D eigenvalue weighted by atomic mass is 9.99. The van der Waals surface area contributed by atoms with Crippen LogP contribution in [0.25, 0.3) is 0 Å². The summed E-state index contributed by atoms with van der Waals surface area (Å²) in [5.41, 5.74) is -0.789. The Morgan fingerprint density at radius 3 is 2.58 bits per heavy atom. The van der Waals surface area contributed by atoms with Gasteiger partial charge in [0.1, 0.15) is 11.5 Å². The molecule has 1 saturated heterocycles. The van der Waals surface area contributed by atoms with Crippen LogP contribution in [0.5, 0.6) is 0 Å². The fourth-order valence-corrected chi connectivity index (χ4v) is 3.13. The van der Waals surface area contributed by atoms with E-state index in [4.69, 9.17) is 27.9 Å². The molecule has 1 fully saturated rings. The van der Waals surface area contributed by atoms with Crippen LogP contribution in [0.4, 0.5) is 0 Å². The van der Waals surface area contributed by atoms with Crippen LogP contribution in [0.3, 0.4) is 0 Å². The van der Waals surface area contributed by atoms with E-state index in [0.717, 1.165) is 30.8 Å². The Kier molecular flexibility index (Phi) is 9.98. The number of ether oxygens (including phenoxy) is 1. The van der Waals surface area contributed by atoms with Gasteiger partial charge in [0.25, 0.3) is 5.91 Å². The van der Waals surface area contributed by atoms with Crippen molar-refractivity contribution in [3.63, 3.8) is 0 Å². The van der Waals surface area contributed by atoms with E-state index in [1.54, 1.807) is 0 Å². The molecule has 0 radical (unpaired) electrons. The number of rotatable bonds is 13. The summed E-state index contributed by atoms with van der Waals surface area (Å²) < 4.78 is 5.36. The lowest BCUT2D eigenvalue weighted by Crippen LogP contribution is -2.72. The van der Waals surface area contributed by atoms with E-state index in [9.17, 15) is 19.5 Å². The number of aliphatic carboxylic acids is 1. The van der Waals surface area contributed by atoms with Gasteiger partial charge in [-0.05, 0) is 24.8 Å². The second-order valence-electron chi connectivity index (χ2n) is 6.12. The fourth-order valence-electron chi connectivity index (χ4n) is 2.60. The van der Waals surface area contributed by atoms with Crippen molar-refractivity contribution in [3.8, 4) is 0 Å². The Labute approximate surface area is 163 Å². The molecule has 9 heteroatoms. The Morgan fingerprint density at radius 2 is 2.04 bits per heavy atom. The van der Waals surface area contributed by atoms with Gasteiger partial charge >= 0.3 is 5.97 Å². The number of alkyl halides is 2. The largest absolute Gasteiger partial charge is 0.479 e. The van der Waals surface area contributed by atoms with Crippen molar-refractivity contribution in [2.45, 2.75) is 56.6 Å². The molecule has 2 N–H and O–H groups in total. The maximum atomic E-state index is 12.2. The molecule has 1 aliphatic rings. The molecule has 0 aromatic heterocycles. The summed E-state index contributed by atoms with van der Waals surface area (Å²) in [4.78, 5) is 36.5. The highest BCUT2D eigenvalue weighted by Crippen LogP contribution is 2.29. The SMILES string of the molecule is C=C(CCl)C(C(=O)O)N1C(=O)C(NC(=O)CCCCCOCCC)C1Cl. The minimum atomic E-state index is -1.29. The van der Waals surface area contributed by atoms with Gasteiger partial charge in [0, 0.05) is 25.5 Å². The summed E-state index contributed by atoms with van der Waals surface area (Å²) in [7, 11) is 0. The van der Waals surface area contributed by atoms with E-state index in [2.05, 4.69) is 11.9 Å². The van der Waals surface area contributed by atoms with Crippen molar-refractivity contribution in [2.24, 2.45) is 0 Å². The van der Waals surface area contributed by atoms with Crippen LogP contribution in [-0.4, -0.2) is 64.5 Å². The summed E-state index contributed by atoms with van der Waals surface area (Å²) in [5.74, 6) is -2.20. The Morgan fingerprint density at radius 1 is 1.35 bits per heavy atom. The zero-order valence-corrected chi connectivity index (χ0v) is 16.4. The molecule has 7 nitrogen and oxygen atoms in total. The van der Waals surface area contributed by atoms with Gasteiger partial charge in [-0.3, -0.25) is 9.59 Å². The number of unbranched alkanes of at least 4 members (excludes halogenated alkanes) is 2. The molecule has 2 amide bonds. The maximum Gasteiger partial charge on any atom is 0.330 e. The van der Waals surface area contributed by atoms with E-state index in [1.165, 1.54) is 0 Å². The number of amides is 2. The number of likely N-dealkylation sites (tertiary alicyclic amines) is 1. The number of carboxylic acid groups (broad SMARTS) is 1. The molecule has 0 spiro atoms. The average molecular weight is 409 g/mol. The third-order valence-electron chi connectivity index (χ3n) is 3.99. The summed E-state index contributed by atoms with van der Waals surface area (Å²) >= 11 is 11.7.